The summed E-state index contributed by atoms with van der Waals surface area (Å²) in [6.07, 6.45) is 3.72. The molecular formula is C15H26N2O. The molecule has 1 atom stereocenters. The van der Waals surface area contributed by atoms with E-state index in [1.54, 1.807) is 7.11 Å². The van der Waals surface area contributed by atoms with E-state index in [4.69, 9.17) is 10.5 Å². The van der Waals surface area contributed by atoms with E-state index in [1.165, 1.54) is 24.9 Å². The number of nitrogens with two attached hydrogens (primary N) is 1. The van der Waals surface area contributed by atoms with Gasteiger partial charge in [0.25, 0.3) is 0 Å². The number of nitrogens with zero attached hydrogens (tertiary/aromatic N) is 1. The van der Waals surface area contributed by atoms with E-state index >= 15 is 0 Å². The van der Waals surface area contributed by atoms with Crippen LogP contribution in [0.1, 0.15) is 44.7 Å². The van der Waals surface area contributed by atoms with Crippen LogP contribution in [0, 0.1) is 0 Å². The monoisotopic (exact) mass is 250 g/mol. The number of anilines is 1. The van der Waals surface area contributed by atoms with Crippen molar-refractivity contribution in [3.8, 4) is 5.75 Å². The Morgan fingerprint density at radius 3 is 2.61 bits per heavy atom. The molecule has 2 N–H and O–H groups in total. The van der Waals surface area contributed by atoms with Gasteiger partial charge in [0.1, 0.15) is 5.75 Å². The first-order chi connectivity index (χ1) is 8.61. The number of hydrogen-bond donors (Lipinski definition) is 1. The molecule has 102 valence electrons. The van der Waals surface area contributed by atoms with E-state index < -0.39 is 0 Å². The second-order valence-corrected chi connectivity index (χ2v) is 4.81. The molecule has 1 rings (SSSR count). The van der Waals surface area contributed by atoms with E-state index in [9.17, 15) is 0 Å². The van der Waals surface area contributed by atoms with Gasteiger partial charge in [0.15, 0.2) is 0 Å². The summed E-state index contributed by atoms with van der Waals surface area (Å²) in [6.45, 7) is 5.28. The van der Waals surface area contributed by atoms with Crippen molar-refractivity contribution in [3.63, 3.8) is 0 Å². The van der Waals surface area contributed by atoms with E-state index in [0.717, 1.165) is 17.9 Å². The van der Waals surface area contributed by atoms with Crippen LogP contribution in [0.3, 0.4) is 0 Å². The lowest BCUT2D eigenvalue weighted by Gasteiger charge is -2.25. The standard InChI is InChI=1S/C15H26N2O/c1-5-6-7-11-17(3)13-9-8-10-14(18-4)15(13)12(2)16/h8-10,12H,5-7,11,16H2,1-4H3/t12-/m0/s1. The van der Waals surface area contributed by atoms with Crippen LogP contribution in [-0.2, 0) is 0 Å². The highest BCUT2D eigenvalue weighted by molar-refractivity contribution is 5.60. The maximum Gasteiger partial charge on any atom is 0.125 e. The number of ether oxygens (including phenoxy) is 1. The van der Waals surface area contributed by atoms with Crippen molar-refractivity contribution in [3.05, 3.63) is 23.8 Å². The Morgan fingerprint density at radius 1 is 1.33 bits per heavy atom. The topological polar surface area (TPSA) is 38.5 Å². The van der Waals surface area contributed by atoms with Crippen LogP contribution >= 0.6 is 0 Å². The highest BCUT2D eigenvalue weighted by Crippen LogP contribution is 2.33. The maximum atomic E-state index is 6.08. The van der Waals surface area contributed by atoms with E-state index in [1.807, 2.05) is 19.1 Å². The molecule has 3 heteroatoms. The van der Waals surface area contributed by atoms with Crippen molar-refractivity contribution in [1.29, 1.82) is 0 Å². The van der Waals surface area contributed by atoms with Gasteiger partial charge in [-0.1, -0.05) is 25.8 Å². The Balaban J connectivity index is 2.92. The zero-order valence-corrected chi connectivity index (χ0v) is 12.1. The summed E-state index contributed by atoms with van der Waals surface area (Å²) >= 11 is 0. The Morgan fingerprint density at radius 2 is 2.06 bits per heavy atom. The summed E-state index contributed by atoms with van der Waals surface area (Å²) in [6, 6.07) is 6.09. The van der Waals surface area contributed by atoms with E-state index in [-0.39, 0.29) is 6.04 Å². The molecule has 0 unspecified atom stereocenters. The van der Waals surface area contributed by atoms with Crippen molar-refractivity contribution in [1.82, 2.24) is 0 Å². The molecule has 0 aromatic heterocycles. The lowest BCUT2D eigenvalue weighted by Crippen LogP contribution is -2.22. The van der Waals surface area contributed by atoms with Gasteiger partial charge in [-0.3, -0.25) is 0 Å². The van der Waals surface area contributed by atoms with Gasteiger partial charge in [-0.05, 0) is 25.5 Å². The van der Waals surface area contributed by atoms with E-state index in [2.05, 4.69) is 24.9 Å². The molecule has 3 nitrogen and oxygen atoms in total. The van der Waals surface area contributed by atoms with Crippen LogP contribution in [0.15, 0.2) is 18.2 Å². The first-order valence-electron chi connectivity index (χ1n) is 6.75. The van der Waals surface area contributed by atoms with Gasteiger partial charge in [0, 0.05) is 30.9 Å². The number of rotatable bonds is 7. The Hall–Kier alpha value is -1.22. The zero-order valence-electron chi connectivity index (χ0n) is 12.1. The van der Waals surface area contributed by atoms with Crippen molar-refractivity contribution in [2.45, 2.75) is 39.2 Å². The van der Waals surface area contributed by atoms with Gasteiger partial charge >= 0.3 is 0 Å². The molecule has 18 heavy (non-hydrogen) atoms. The minimum absolute atomic E-state index is 0.0234. The number of benzene rings is 1. The molecule has 0 saturated carbocycles. The average molecular weight is 250 g/mol. The van der Waals surface area contributed by atoms with E-state index in [0.29, 0.717) is 0 Å². The fraction of sp³-hybridized carbons (Fsp3) is 0.600. The third kappa shape index (κ3) is 3.64. The number of methoxy groups -OCH3 is 1. The second-order valence-electron chi connectivity index (χ2n) is 4.81. The summed E-state index contributed by atoms with van der Waals surface area (Å²) in [7, 11) is 3.82. The fourth-order valence-corrected chi connectivity index (χ4v) is 2.22. The Labute approximate surface area is 111 Å². The molecule has 1 aromatic rings. The molecule has 0 aliphatic heterocycles. The first-order valence-corrected chi connectivity index (χ1v) is 6.75. The van der Waals surface area contributed by atoms with Crippen LogP contribution in [0.5, 0.6) is 5.75 Å². The maximum absolute atomic E-state index is 6.08. The van der Waals surface area contributed by atoms with Crippen LogP contribution in [0.4, 0.5) is 5.69 Å². The van der Waals surface area contributed by atoms with Gasteiger partial charge in [0.05, 0.1) is 7.11 Å². The third-order valence-electron chi connectivity index (χ3n) is 3.23. The quantitative estimate of drug-likeness (QED) is 0.754. The average Bonchev–Trinajstić information content (AvgIpc) is 2.37. The minimum atomic E-state index is -0.0234. The molecule has 0 fully saturated rings. The minimum Gasteiger partial charge on any atom is -0.496 e. The molecule has 0 saturated heterocycles. The van der Waals surface area contributed by atoms with Crippen LogP contribution in [0.25, 0.3) is 0 Å². The molecule has 1 aromatic carbocycles. The molecule has 0 amide bonds. The fourth-order valence-electron chi connectivity index (χ4n) is 2.22. The smallest absolute Gasteiger partial charge is 0.125 e. The molecule has 0 spiro atoms. The highest BCUT2D eigenvalue weighted by Gasteiger charge is 2.15. The molecular weight excluding hydrogens is 224 g/mol. The summed E-state index contributed by atoms with van der Waals surface area (Å²) in [4.78, 5) is 2.27. The summed E-state index contributed by atoms with van der Waals surface area (Å²) in [5.74, 6) is 0.879. The van der Waals surface area contributed by atoms with Gasteiger partial charge in [-0.25, -0.2) is 0 Å². The Kier molecular flexibility index (Phi) is 5.99. The molecule has 0 aliphatic carbocycles. The Bertz CT molecular complexity index is 364. The van der Waals surface area contributed by atoms with Crippen LogP contribution in [0.2, 0.25) is 0 Å². The van der Waals surface area contributed by atoms with Gasteiger partial charge < -0.3 is 15.4 Å². The van der Waals surface area contributed by atoms with Crippen molar-refractivity contribution >= 4 is 5.69 Å². The zero-order chi connectivity index (χ0) is 13.5. The molecule has 0 aliphatic rings. The highest BCUT2D eigenvalue weighted by atomic mass is 16.5. The molecule has 0 heterocycles. The SMILES string of the molecule is CCCCCN(C)c1cccc(OC)c1[C@H](C)N. The van der Waals surface area contributed by atoms with Crippen LogP contribution in [-0.4, -0.2) is 20.7 Å². The number of unbranched alkanes of at least 4 members (excludes halogenated alkanes) is 2. The molecule has 0 radical (unpaired) electrons. The predicted molar refractivity (Wildman–Crippen MR) is 78.4 cm³/mol. The van der Waals surface area contributed by atoms with Crippen molar-refractivity contribution in [2.75, 3.05) is 25.6 Å². The summed E-state index contributed by atoms with van der Waals surface area (Å²) in [5.41, 5.74) is 8.35. The van der Waals surface area contributed by atoms with Crippen LogP contribution < -0.4 is 15.4 Å². The lowest BCUT2D eigenvalue weighted by molar-refractivity contribution is 0.407. The predicted octanol–water partition coefficient (Wildman–Crippen LogP) is 3.34. The summed E-state index contributed by atoms with van der Waals surface area (Å²) in [5, 5.41) is 0. The summed E-state index contributed by atoms with van der Waals surface area (Å²) < 4.78 is 5.42. The first kappa shape index (κ1) is 14.8. The number of hydrogen-bond acceptors (Lipinski definition) is 3. The normalized spacial score (nSPS) is 12.3. The second kappa shape index (κ2) is 7.27. The van der Waals surface area contributed by atoms with Gasteiger partial charge in [0.2, 0.25) is 0 Å². The molecule has 0 bridgehead atoms. The van der Waals surface area contributed by atoms with Crippen molar-refractivity contribution in [2.24, 2.45) is 5.73 Å². The van der Waals surface area contributed by atoms with Gasteiger partial charge in [-0.2, -0.15) is 0 Å². The van der Waals surface area contributed by atoms with Crippen molar-refractivity contribution < 1.29 is 4.74 Å². The largest absolute Gasteiger partial charge is 0.496 e. The lowest BCUT2D eigenvalue weighted by atomic mass is 10.0. The third-order valence-corrected chi connectivity index (χ3v) is 3.23. The van der Waals surface area contributed by atoms with Gasteiger partial charge in [-0.15, -0.1) is 0 Å².